The summed E-state index contributed by atoms with van der Waals surface area (Å²) in [5, 5.41) is 10.6. The maximum atomic E-state index is 12.1. The predicted molar refractivity (Wildman–Crippen MR) is 67.4 cm³/mol. The van der Waals surface area contributed by atoms with Gasteiger partial charge in [0.1, 0.15) is 6.04 Å². The number of hydrogen-bond acceptors (Lipinski definition) is 5. The molecule has 18 heavy (non-hydrogen) atoms. The summed E-state index contributed by atoms with van der Waals surface area (Å²) < 4.78 is 31.0. The highest BCUT2D eigenvalue weighted by molar-refractivity contribution is 7.89. The van der Waals surface area contributed by atoms with Crippen molar-refractivity contribution in [1.29, 1.82) is 0 Å². The number of methoxy groups -OCH3 is 1. The van der Waals surface area contributed by atoms with Gasteiger partial charge in [-0.25, -0.2) is 8.42 Å². The van der Waals surface area contributed by atoms with Gasteiger partial charge in [-0.1, -0.05) is 0 Å². The normalized spacial score (nSPS) is 13.5. The summed E-state index contributed by atoms with van der Waals surface area (Å²) in [5.41, 5.74) is 0.603. The Morgan fingerprint density at radius 3 is 2.56 bits per heavy atom. The number of carboxylic acids is 1. The summed E-state index contributed by atoms with van der Waals surface area (Å²) in [6.07, 6.45) is 0. The fourth-order valence-electron chi connectivity index (χ4n) is 1.53. The first-order valence-corrected chi connectivity index (χ1v) is 7.44. The Hall–Kier alpha value is -0.960. The van der Waals surface area contributed by atoms with Gasteiger partial charge in [-0.15, -0.1) is 11.3 Å². The van der Waals surface area contributed by atoms with E-state index in [1.165, 1.54) is 18.4 Å². The minimum absolute atomic E-state index is 0.148. The van der Waals surface area contributed by atoms with Gasteiger partial charge in [-0.05, 0) is 24.8 Å². The summed E-state index contributed by atoms with van der Waals surface area (Å²) in [6, 6.07) is -1.29. The van der Waals surface area contributed by atoms with Crippen LogP contribution in [0.15, 0.2) is 10.3 Å². The summed E-state index contributed by atoms with van der Waals surface area (Å²) in [6.45, 7) is 3.12. The van der Waals surface area contributed by atoms with E-state index in [9.17, 15) is 13.2 Å². The van der Waals surface area contributed by atoms with Gasteiger partial charge < -0.3 is 9.84 Å². The van der Waals surface area contributed by atoms with Crippen molar-refractivity contribution in [3.8, 4) is 0 Å². The van der Waals surface area contributed by atoms with Crippen molar-refractivity contribution in [1.82, 2.24) is 4.72 Å². The highest BCUT2D eigenvalue weighted by Gasteiger charge is 2.28. The quantitative estimate of drug-likeness (QED) is 0.807. The van der Waals surface area contributed by atoms with Crippen molar-refractivity contribution in [2.75, 3.05) is 13.7 Å². The molecule has 0 aliphatic rings. The molecule has 102 valence electrons. The molecular formula is C10H15NO5S2. The number of carbonyl (C=O) groups is 1. The van der Waals surface area contributed by atoms with Gasteiger partial charge in [0, 0.05) is 12.0 Å². The number of sulfonamides is 1. The number of aryl methyl sites for hydroxylation is 2. The van der Waals surface area contributed by atoms with Crippen molar-refractivity contribution in [3.05, 3.63) is 15.8 Å². The van der Waals surface area contributed by atoms with Crippen molar-refractivity contribution >= 4 is 27.3 Å². The molecule has 0 aliphatic heterocycles. The maximum Gasteiger partial charge on any atom is 0.324 e. The lowest BCUT2D eigenvalue weighted by atomic mass is 10.3. The zero-order chi connectivity index (χ0) is 13.9. The number of thiophene rings is 1. The molecule has 0 saturated carbocycles. The number of aliphatic carboxylic acids is 1. The van der Waals surface area contributed by atoms with E-state index in [2.05, 4.69) is 9.46 Å². The van der Waals surface area contributed by atoms with Gasteiger partial charge in [-0.3, -0.25) is 4.79 Å². The second kappa shape index (κ2) is 5.79. The molecule has 0 bridgehead atoms. The molecule has 1 rings (SSSR count). The Bertz CT molecular complexity index is 515. The van der Waals surface area contributed by atoms with Gasteiger partial charge in [0.25, 0.3) is 0 Å². The minimum atomic E-state index is -3.85. The monoisotopic (exact) mass is 293 g/mol. The van der Waals surface area contributed by atoms with Gasteiger partial charge in [0.15, 0.2) is 0 Å². The predicted octanol–water partition coefficient (Wildman–Crippen LogP) is 0.743. The van der Waals surface area contributed by atoms with E-state index in [-0.39, 0.29) is 11.5 Å². The van der Waals surface area contributed by atoms with Crippen LogP contribution in [-0.2, 0) is 19.6 Å². The molecule has 1 atom stereocenters. The van der Waals surface area contributed by atoms with Crippen LogP contribution >= 0.6 is 11.3 Å². The zero-order valence-electron chi connectivity index (χ0n) is 10.3. The van der Waals surface area contributed by atoms with E-state index < -0.39 is 22.0 Å². The van der Waals surface area contributed by atoms with Crippen LogP contribution in [0.3, 0.4) is 0 Å². The first kappa shape index (κ1) is 15.1. The molecule has 0 fully saturated rings. The summed E-state index contributed by atoms with van der Waals surface area (Å²) in [4.78, 5) is 11.7. The molecule has 1 aromatic heterocycles. The third-order valence-corrected chi connectivity index (χ3v) is 5.21. The fourth-order valence-corrected chi connectivity index (χ4v) is 4.34. The molecular weight excluding hydrogens is 278 g/mol. The van der Waals surface area contributed by atoms with E-state index in [0.717, 1.165) is 0 Å². The highest BCUT2D eigenvalue weighted by Crippen LogP contribution is 2.25. The smallest absolute Gasteiger partial charge is 0.324 e. The molecule has 8 heteroatoms. The molecule has 0 unspecified atom stereocenters. The van der Waals surface area contributed by atoms with E-state index in [1.807, 2.05) is 0 Å². The van der Waals surface area contributed by atoms with Crippen LogP contribution in [-0.4, -0.2) is 39.3 Å². The third kappa shape index (κ3) is 3.29. The number of rotatable bonds is 6. The largest absolute Gasteiger partial charge is 0.480 e. The topological polar surface area (TPSA) is 92.7 Å². The maximum absolute atomic E-state index is 12.1. The molecule has 6 nitrogen and oxygen atoms in total. The van der Waals surface area contributed by atoms with Gasteiger partial charge in [-0.2, -0.15) is 4.72 Å². The van der Waals surface area contributed by atoms with Gasteiger partial charge >= 0.3 is 5.97 Å². The Labute approximate surface area is 110 Å². The number of hydrogen-bond donors (Lipinski definition) is 2. The summed E-state index contributed by atoms with van der Waals surface area (Å²) in [7, 11) is -2.53. The Balaban J connectivity index is 3.05. The Kier molecular flexibility index (Phi) is 4.85. The Morgan fingerprint density at radius 1 is 1.56 bits per heavy atom. The van der Waals surface area contributed by atoms with Crippen LogP contribution in [0.4, 0.5) is 0 Å². The second-order valence-electron chi connectivity index (χ2n) is 3.77. The molecule has 1 aromatic rings. The lowest BCUT2D eigenvalue weighted by Crippen LogP contribution is -2.43. The van der Waals surface area contributed by atoms with Crippen LogP contribution < -0.4 is 4.72 Å². The summed E-state index contributed by atoms with van der Waals surface area (Å²) in [5.74, 6) is -1.27. The van der Waals surface area contributed by atoms with Crippen LogP contribution in [0.25, 0.3) is 0 Å². The van der Waals surface area contributed by atoms with Crippen molar-refractivity contribution in [3.63, 3.8) is 0 Å². The first-order valence-electron chi connectivity index (χ1n) is 5.08. The number of nitrogens with one attached hydrogen (secondary N) is 1. The minimum Gasteiger partial charge on any atom is -0.480 e. The van der Waals surface area contributed by atoms with Crippen LogP contribution in [0.2, 0.25) is 0 Å². The average Bonchev–Trinajstić information content (AvgIpc) is 2.58. The lowest BCUT2D eigenvalue weighted by Gasteiger charge is -2.14. The van der Waals surface area contributed by atoms with Crippen molar-refractivity contribution in [2.24, 2.45) is 0 Å². The average molecular weight is 293 g/mol. The molecule has 0 radical (unpaired) electrons. The van der Waals surface area contributed by atoms with E-state index >= 15 is 0 Å². The summed E-state index contributed by atoms with van der Waals surface area (Å²) >= 11 is 1.31. The van der Waals surface area contributed by atoms with E-state index in [1.54, 1.807) is 19.2 Å². The standard InChI is InChI=1S/C10H15NO5S2/c1-6-5-17-7(2)9(6)18(14,15)11-8(4-16-3)10(12)13/h5,8,11H,4H2,1-3H3,(H,12,13)/t8-/m0/s1. The van der Waals surface area contributed by atoms with E-state index in [0.29, 0.717) is 10.4 Å². The first-order chi connectivity index (χ1) is 8.29. The molecule has 0 spiro atoms. The number of carboxylic acid groups (broad SMARTS) is 1. The molecule has 0 amide bonds. The third-order valence-electron chi connectivity index (χ3n) is 2.29. The van der Waals surface area contributed by atoms with E-state index in [4.69, 9.17) is 5.11 Å². The zero-order valence-corrected chi connectivity index (χ0v) is 11.9. The molecule has 1 heterocycles. The number of ether oxygens (including phenoxy) is 1. The fraction of sp³-hybridized carbons (Fsp3) is 0.500. The van der Waals surface area contributed by atoms with Crippen molar-refractivity contribution < 1.29 is 23.1 Å². The highest BCUT2D eigenvalue weighted by atomic mass is 32.2. The molecule has 0 saturated heterocycles. The van der Waals surface area contributed by atoms with Crippen LogP contribution in [0.5, 0.6) is 0 Å². The molecule has 2 N–H and O–H groups in total. The lowest BCUT2D eigenvalue weighted by molar-refractivity contribution is -0.140. The molecule has 0 aromatic carbocycles. The van der Waals surface area contributed by atoms with Crippen molar-refractivity contribution in [2.45, 2.75) is 24.8 Å². The van der Waals surface area contributed by atoms with Gasteiger partial charge in [0.05, 0.1) is 11.5 Å². The van der Waals surface area contributed by atoms with Gasteiger partial charge in [0.2, 0.25) is 10.0 Å². The Morgan fingerprint density at radius 2 is 2.17 bits per heavy atom. The van der Waals surface area contributed by atoms with Crippen LogP contribution in [0.1, 0.15) is 10.4 Å². The SMILES string of the molecule is COC[C@H](NS(=O)(=O)c1c(C)csc1C)C(=O)O. The molecule has 0 aliphatic carbocycles. The second-order valence-corrected chi connectivity index (χ2v) is 6.51. The van der Waals surface area contributed by atoms with Crippen LogP contribution in [0, 0.1) is 13.8 Å².